The van der Waals surface area contributed by atoms with Crippen molar-refractivity contribution in [3.05, 3.63) is 23.8 Å². The van der Waals surface area contributed by atoms with Crippen LogP contribution >= 0.6 is 0 Å². The van der Waals surface area contributed by atoms with Gasteiger partial charge in [-0.25, -0.2) is 0 Å². The summed E-state index contributed by atoms with van der Waals surface area (Å²) >= 11 is 0. The first kappa shape index (κ1) is 11.8. The molecule has 0 N–H and O–H groups in total. The minimum Gasteiger partial charge on any atom is -0.494 e. The molecule has 98 valence electrons. The van der Waals surface area contributed by atoms with E-state index < -0.39 is 0 Å². The van der Waals surface area contributed by atoms with E-state index in [0.29, 0.717) is 0 Å². The van der Waals surface area contributed by atoms with Crippen LogP contribution in [0.1, 0.15) is 45.3 Å². The number of hydrogen-bond donors (Lipinski definition) is 0. The smallest absolute Gasteiger partial charge is 0.132 e. The fourth-order valence-electron chi connectivity index (χ4n) is 2.48. The Balaban J connectivity index is 1.78. The molecule has 3 rings (SSSR count). The summed E-state index contributed by atoms with van der Waals surface area (Å²) in [5, 5.41) is 0. The number of unbranched alkanes of at least 4 members (excludes halogenated alkanes) is 1. The van der Waals surface area contributed by atoms with E-state index in [9.17, 15) is 0 Å². The van der Waals surface area contributed by atoms with Crippen molar-refractivity contribution in [3.63, 3.8) is 0 Å². The molecule has 3 nitrogen and oxygen atoms in total. The average Bonchev–Trinajstić information content (AvgIpc) is 3.11. The van der Waals surface area contributed by atoms with Gasteiger partial charge in [0.1, 0.15) is 29.3 Å². The third-order valence-corrected chi connectivity index (χ3v) is 3.60. The van der Waals surface area contributed by atoms with Gasteiger partial charge in [0.15, 0.2) is 0 Å². The molecule has 0 radical (unpaired) electrons. The molecule has 0 amide bonds. The highest BCUT2D eigenvalue weighted by Crippen LogP contribution is 2.54. The minimum absolute atomic E-state index is 0.191. The van der Waals surface area contributed by atoms with Gasteiger partial charge in [-0.15, -0.1) is 0 Å². The molecule has 0 unspecified atom stereocenters. The minimum atomic E-state index is -0.220. The van der Waals surface area contributed by atoms with E-state index in [0.717, 1.165) is 36.5 Å². The van der Waals surface area contributed by atoms with Crippen molar-refractivity contribution in [1.82, 2.24) is 0 Å². The summed E-state index contributed by atoms with van der Waals surface area (Å²) in [6, 6.07) is 6.04. The Kier molecular flexibility index (Phi) is 2.74. The van der Waals surface area contributed by atoms with E-state index in [1.807, 2.05) is 12.1 Å². The Morgan fingerprint density at radius 3 is 2.94 bits per heavy atom. The zero-order chi connectivity index (χ0) is 12.8. The monoisotopic (exact) mass is 248 g/mol. The van der Waals surface area contributed by atoms with Crippen LogP contribution in [0.25, 0.3) is 0 Å². The van der Waals surface area contributed by atoms with Crippen LogP contribution in [0.15, 0.2) is 18.2 Å². The number of epoxide rings is 1. The third kappa shape index (κ3) is 1.97. The summed E-state index contributed by atoms with van der Waals surface area (Å²) in [6.07, 6.45) is 2.62. The first-order chi connectivity index (χ1) is 8.62. The van der Waals surface area contributed by atoms with Gasteiger partial charge in [0.25, 0.3) is 0 Å². The lowest BCUT2D eigenvalue weighted by atomic mass is 9.94. The SMILES string of the molecule is CCCCOc1ccc2c(c1)[C@@H]1O[C@H]1C(C)(C)O2. The van der Waals surface area contributed by atoms with Crippen LogP contribution in [-0.4, -0.2) is 18.3 Å². The Bertz CT molecular complexity index is 453. The average molecular weight is 248 g/mol. The van der Waals surface area contributed by atoms with Crippen LogP contribution in [0.2, 0.25) is 0 Å². The lowest BCUT2D eigenvalue weighted by Gasteiger charge is -2.29. The van der Waals surface area contributed by atoms with Crippen LogP contribution in [-0.2, 0) is 4.74 Å². The topological polar surface area (TPSA) is 31.0 Å². The van der Waals surface area contributed by atoms with Crippen molar-refractivity contribution in [2.75, 3.05) is 6.61 Å². The second kappa shape index (κ2) is 4.16. The van der Waals surface area contributed by atoms with Crippen LogP contribution in [0.3, 0.4) is 0 Å². The number of rotatable bonds is 4. The maximum Gasteiger partial charge on any atom is 0.132 e. The van der Waals surface area contributed by atoms with E-state index in [-0.39, 0.29) is 17.8 Å². The maximum absolute atomic E-state index is 5.97. The Morgan fingerprint density at radius 2 is 2.17 bits per heavy atom. The second-order valence-electron chi connectivity index (χ2n) is 5.58. The summed E-state index contributed by atoms with van der Waals surface area (Å²) in [5.74, 6) is 1.85. The first-order valence-corrected chi connectivity index (χ1v) is 6.73. The molecule has 1 aromatic carbocycles. The molecule has 0 spiro atoms. The number of ether oxygens (including phenoxy) is 3. The molecule has 1 saturated heterocycles. The van der Waals surface area contributed by atoms with Gasteiger partial charge < -0.3 is 14.2 Å². The lowest BCUT2D eigenvalue weighted by Crippen LogP contribution is -2.37. The maximum atomic E-state index is 5.97. The molecule has 0 aliphatic carbocycles. The van der Waals surface area contributed by atoms with Gasteiger partial charge in [-0.05, 0) is 38.5 Å². The zero-order valence-electron chi connectivity index (χ0n) is 11.2. The highest BCUT2D eigenvalue weighted by molar-refractivity contribution is 5.46. The summed E-state index contributed by atoms with van der Waals surface area (Å²) < 4.78 is 17.4. The highest BCUT2D eigenvalue weighted by atomic mass is 16.6. The van der Waals surface area contributed by atoms with Gasteiger partial charge in [0, 0.05) is 5.56 Å². The van der Waals surface area contributed by atoms with Gasteiger partial charge in [-0.1, -0.05) is 13.3 Å². The molecule has 2 heterocycles. The molecule has 0 saturated carbocycles. The predicted octanol–water partition coefficient (Wildman–Crippen LogP) is 3.48. The predicted molar refractivity (Wildman–Crippen MR) is 69.2 cm³/mol. The van der Waals surface area contributed by atoms with Crippen LogP contribution in [0.5, 0.6) is 11.5 Å². The summed E-state index contributed by atoms with van der Waals surface area (Å²) in [7, 11) is 0. The molecule has 3 heteroatoms. The number of fused-ring (bicyclic) bond motifs is 3. The molecule has 2 aliphatic heterocycles. The second-order valence-corrected chi connectivity index (χ2v) is 5.58. The van der Waals surface area contributed by atoms with Gasteiger partial charge >= 0.3 is 0 Å². The van der Waals surface area contributed by atoms with Crippen LogP contribution in [0.4, 0.5) is 0 Å². The van der Waals surface area contributed by atoms with Crippen molar-refractivity contribution in [2.45, 2.75) is 51.4 Å². The van der Waals surface area contributed by atoms with Gasteiger partial charge in [-0.2, -0.15) is 0 Å². The zero-order valence-corrected chi connectivity index (χ0v) is 11.2. The van der Waals surface area contributed by atoms with Crippen LogP contribution in [0, 0.1) is 0 Å². The van der Waals surface area contributed by atoms with Crippen molar-refractivity contribution >= 4 is 0 Å². The molecular formula is C15H20O3. The number of benzene rings is 1. The molecule has 0 aromatic heterocycles. The van der Waals surface area contributed by atoms with E-state index in [2.05, 4.69) is 26.8 Å². The van der Waals surface area contributed by atoms with Crippen molar-refractivity contribution in [1.29, 1.82) is 0 Å². The van der Waals surface area contributed by atoms with Gasteiger partial charge in [0.2, 0.25) is 0 Å². The molecule has 1 aromatic rings. The van der Waals surface area contributed by atoms with Crippen molar-refractivity contribution < 1.29 is 14.2 Å². The summed E-state index contributed by atoms with van der Waals surface area (Å²) in [6.45, 7) is 7.09. The standard InChI is InChI=1S/C15H20O3/c1-4-5-8-16-10-6-7-12-11(9-10)13-14(17-13)15(2,3)18-12/h6-7,9,13-14H,4-5,8H2,1-3H3/t13-,14+/m0/s1. The largest absolute Gasteiger partial charge is 0.494 e. The fraction of sp³-hybridized carbons (Fsp3) is 0.600. The van der Waals surface area contributed by atoms with E-state index in [4.69, 9.17) is 14.2 Å². The van der Waals surface area contributed by atoms with Gasteiger partial charge in [0.05, 0.1) is 6.61 Å². The molecule has 2 aliphatic rings. The van der Waals surface area contributed by atoms with E-state index in [1.165, 1.54) is 0 Å². The lowest BCUT2D eigenvalue weighted by molar-refractivity contribution is 0.0724. The number of hydrogen-bond acceptors (Lipinski definition) is 3. The summed E-state index contributed by atoms with van der Waals surface area (Å²) in [4.78, 5) is 0. The van der Waals surface area contributed by atoms with Crippen molar-refractivity contribution in [3.8, 4) is 11.5 Å². The molecule has 2 atom stereocenters. The van der Waals surface area contributed by atoms with Crippen LogP contribution < -0.4 is 9.47 Å². The molecule has 0 bridgehead atoms. The van der Waals surface area contributed by atoms with Crippen molar-refractivity contribution in [2.24, 2.45) is 0 Å². The van der Waals surface area contributed by atoms with Gasteiger partial charge in [-0.3, -0.25) is 0 Å². The Morgan fingerprint density at radius 1 is 1.33 bits per heavy atom. The molecule has 1 fully saturated rings. The summed E-state index contributed by atoms with van der Waals surface area (Å²) in [5.41, 5.74) is 0.913. The quantitative estimate of drug-likeness (QED) is 0.604. The Hall–Kier alpha value is -1.22. The van der Waals surface area contributed by atoms with E-state index >= 15 is 0 Å². The Labute approximate surface area is 108 Å². The highest BCUT2D eigenvalue weighted by Gasteiger charge is 2.56. The van der Waals surface area contributed by atoms with E-state index in [1.54, 1.807) is 0 Å². The molecular weight excluding hydrogens is 228 g/mol. The first-order valence-electron chi connectivity index (χ1n) is 6.73. The third-order valence-electron chi connectivity index (χ3n) is 3.60. The molecule has 18 heavy (non-hydrogen) atoms. The normalized spacial score (nSPS) is 26.8. The fourth-order valence-corrected chi connectivity index (χ4v) is 2.48.